The third-order valence-corrected chi connectivity index (χ3v) is 4.38. The molecule has 3 heteroatoms. The third kappa shape index (κ3) is 4.67. The van der Waals surface area contributed by atoms with Crippen molar-refractivity contribution in [2.45, 2.75) is 26.3 Å². The zero-order chi connectivity index (χ0) is 15.4. The largest absolute Gasteiger partial charge is 0.309 e. The fourth-order valence-electron chi connectivity index (χ4n) is 2.59. The van der Waals surface area contributed by atoms with Crippen LogP contribution >= 0.6 is 31.9 Å². The van der Waals surface area contributed by atoms with Crippen molar-refractivity contribution in [1.29, 1.82) is 0 Å². The van der Waals surface area contributed by atoms with Gasteiger partial charge >= 0.3 is 0 Å². The Balaban J connectivity index is 2.28. The molecule has 0 aliphatic heterocycles. The molecular formula is C18H21Br2N. The third-order valence-electron chi connectivity index (χ3n) is 3.46. The van der Waals surface area contributed by atoms with Gasteiger partial charge in [0.25, 0.3) is 0 Å². The first kappa shape index (κ1) is 16.7. The normalized spacial score (nSPS) is 12.7. The maximum Gasteiger partial charge on any atom is 0.0575 e. The summed E-state index contributed by atoms with van der Waals surface area (Å²) in [6.45, 7) is 4.51. The van der Waals surface area contributed by atoms with Crippen LogP contribution in [0.4, 0.5) is 0 Å². The summed E-state index contributed by atoms with van der Waals surface area (Å²) in [6, 6.07) is 15.5. The summed E-state index contributed by atoms with van der Waals surface area (Å²) in [6.07, 6.45) is 1.13. The van der Waals surface area contributed by atoms with Crippen LogP contribution in [0.3, 0.4) is 0 Å². The summed E-state index contributed by atoms with van der Waals surface area (Å²) in [5.74, 6) is 0.692. The second-order valence-electron chi connectivity index (χ2n) is 5.76. The van der Waals surface area contributed by atoms with E-state index in [2.05, 4.69) is 93.5 Å². The van der Waals surface area contributed by atoms with Crippen molar-refractivity contribution in [1.82, 2.24) is 5.32 Å². The zero-order valence-electron chi connectivity index (χ0n) is 12.7. The van der Waals surface area contributed by atoms with Gasteiger partial charge in [-0.15, -0.1) is 0 Å². The molecule has 0 aliphatic carbocycles. The molecule has 0 aliphatic rings. The summed E-state index contributed by atoms with van der Waals surface area (Å²) >= 11 is 7.13. The average molecular weight is 411 g/mol. The Kier molecular flexibility index (Phi) is 6.03. The highest BCUT2D eigenvalue weighted by atomic mass is 79.9. The highest BCUT2D eigenvalue weighted by Gasteiger charge is 2.13. The molecular weight excluding hydrogens is 390 g/mol. The van der Waals surface area contributed by atoms with Crippen LogP contribution < -0.4 is 5.32 Å². The van der Waals surface area contributed by atoms with E-state index in [4.69, 9.17) is 0 Å². The van der Waals surface area contributed by atoms with Crippen LogP contribution in [0.5, 0.6) is 0 Å². The molecule has 0 amide bonds. The van der Waals surface area contributed by atoms with Crippen molar-refractivity contribution < 1.29 is 0 Å². The topological polar surface area (TPSA) is 12.0 Å². The minimum atomic E-state index is 0.201. The van der Waals surface area contributed by atoms with Crippen LogP contribution in [0.25, 0.3) is 0 Å². The van der Waals surface area contributed by atoms with Gasteiger partial charge in [0, 0.05) is 8.95 Å². The molecule has 2 aromatic rings. The maximum absolute atomic E-state index is 3.56. The number of halogens is 2. The van der Waals surface area contributed by atoms with E-state index in [1.54, 1.807) is 0 Å². The molecule has 21 heavy (non-hydrogen) atoms. The molecule has 0 radical (unpaired) electrons. The van der Waals surface area contributed by atoms with Crippen LogP contribution in [0.15, 0.2) is 51.4 Å². The van der Waals surface area contributed by atoms with Gasteiger partial charge in [0.1, 0.15) is 0 Å². The smallest absolute Gasteiger partial charge is 0.0575 e. The van der Waals surface area contributed by atoms with E-state index in [1.165, 1.54) is 16.7 Å². The summed E-state index contributed by atoms with van der Waals surface area (Å²) in [5.41, 5.74) is 3.93. The molecule has 2 rings (SSSR count). The molecule has 0 aromatic heterocycles. The lowest BCUT2D eigenvalue weighted by Gasteiger charge is -2.18. The van der Waals surface area contributed by atoms with Gasteiger partial charge in [-0.1, -0.05) is 70.0 Å². The van der Waals surface area contributed by atoms with E-state index in [0.29, 0.717) is 5.92 Å². The van der Waals surface area contributed by atoms with Crippen LogP contribution in [0, 0.1) is 5.92 Å². The average Bonchev–Trinajstić information content (AvgIpc) is 2.40. The predicted octanol–water partition coefficient (Wildman–Crippen LogP) is 5.72. The first-order valence-electron chi connectivity index (χ1n) is 7.21. The molecule has 1 unspecified atom stereocenters. The molecule has 2 aromatic carbocycles. The highest BCUT2D eigenvalue weighted by molar-refractivity contribution is 9.11. The Morgan fingerprint density at radius 3 is 1.95 bits per heavy atom. The van der Waals surface area contributed by atoms with Gasteiger partial charge in [0.15, 0.2) is 0 Å². The van der Waals surface area contributed by atoms with Gasteiger partial charge in [-0.05, 0) is 54.3 Å². The number of benzene rings is 2. The minimum absolute atomic E-state index is 0.201. The molecule has 0 saturated carbocycles. The summed E-state index contributed by atoms with van der Waals surface area (Å²) in [5, 5.41) is 3.41. The molecule has 0 fully saturated rings. The molecule has 1 atom stereocenters. The van der Waals surface area contributed by atoms with E-state index < -0.39 is 0 Å². The van der Waals surface area contributed by atoms with Gasteiger partial charge in [-0.3, -0.25) is 0 Å². The monoisotopic (exact) mass is 409 g/mol. The lowest BCUT2D eigenvalue weighted by molar-refractivity contribution is 0.645. The first-order valence-corrected chi connectivity index (χ1v) is 8.80. The van der Waals surface area contributed by atoms with Crippen molar-refractivity contribution in [2.24, 2.45) is 5.92 Å². The van der Waals surface area contributed by atoms with Crippen molar-refractivity contribution in [3.05, 3.63) is 68.1 Å². The minimum Gasteiger partial charge on any atom is -0.309 e. The Hall–Kier alpha value is -0.640. The molecule has 0 bridgehead atoms. The maximum atomic E-state index is 3.56. The second-order valence-corrected chi connectivity index (χ2v) is 7.60. The van der Waals surface area contributed by atoms with E-state index in [0.717, 1.165) is 15.4 Å². The number of hydrogen-bond donors (Lipinski definition) is 1. The van der Waals surface area contributed by atoms with Crippen LogP contribution in [0.2, 0.25) is 0 Å². The van der Waals surface area contributed by atoms with Crippen molar-refractivity contribution in [2.75, 3.05) is 7.05 Å². The first-order chi connectivity index (χ1) is 9.99. The Morgan fingerprint density at radius 1 is 0.905 bits per heavy atom. The second kappa shape index (κ2) is 7.57. The molecule has 1 N–H and O–H groups in total. The van der Waals surface area contributed by atoms with E-state index >= 15 is 0 Å². The summed E-state index contributed by atoms with van der Waals surface area (Å²) in [4.78, 5) is 0. The molecule has 0 saturated heterocycles. The lowest BCUT2D eigenvalue weighted by atomic mass is 9.96. The zero-order valence-corrected chi connectivity index (χ0v) is 15.8. The van der Waals surface area contributed by atoms with Crippen molar-refractivity contribution in [3.63, 3.8) is 0 Å². The van der Waals surface area contributed by atoms with Gasteiger partial charge < -0.3 is 5.32 Å². The van der Waals surface area contributed by atoms with Crippen LogP contribution in [-0.4, -0.2) is 7.05 Å². The van der Waals surface area contributed by atoms with E-state index in [-0.39, 0.29) is 6.04 Å². The Labute approximate surface area is 144 Å². The molecule has 0 spiro atoms. The molecule has 1 nitrogen and oxygen atoms in total. The summed E-state index contributed by atoms with van der Waals surface area (Å²) in [7, 11) is 2.00. The van der Waals surface area contributed by atoms with E-state index in [1.807, 2.05) is 7.05 Å². The number of hydrogen-bond acceptors (Lipinski definition) is 1. The van der Waals surface area contributed by atoms with Crippen molar-refractivity contribution >= 4 is 31.9 Å². The van der Waals surface area contributed by atoms with Gasteiger partial charge in [-0.2, -0.15) is 0 Å². The number of nitrogens with one attached hydrogen (secondary N) is 1. The van der Waals surface area contributed by atoms with E-state index in [9.17, 15) is 0 Å². The van der Waals surface area contributed by atoms with Crippen LogP contribution in [-0.2, 0) is 6.42 Å². The van der Waals surface area contributed by atoms with Gasteiger partial charge in [0.05, 0.1) is 6.04 Å². The van der Waals surface area contributed by atoms with Crippen molar-refractivity contribution in [3.8, 4) is 0 Å². The van der Waals surface area contributed by atoms with Crippen LogP contribution in [0.1, 0.15) is 36.6 Å². The number of rotatable bonds is 5. The standard InChI is InChI=1S/C18H21Br2N/c1-12(2)8-13-4-6-14(7-5-13)18(21-3)15-9-16(19)11-17(20)10-15/h4-7,9-12,18,21H,8H2,1-3H3. The van der Waals surface area contributed by atoms with Gasteiger partial charge in [0.2, 0.25) is 0 Å². The Bertz CT molecular complexity index is 570. The fourth-order valence-corrected chi connectivity index (χ4v) is 3.91. The molecule has 112 valence electrons. The lowest BCUT2D eigenvalue weighted by Crippen LogP contribution is -2.17. The van der Waals surface area contributed by atoms with Gasteiger partial charge in [-0.25, -0.2) is 0 Å². The quantitative estimate of drug-likeness (QED) is 0.664. The Morgan fingerprint density at radius 2 is 1.48 bits per heavy atom. The fraction of sp³-hybridized carbons (Fsp3) is 0.333. The highest BCUT2D eigenvalue weighted by Crippen LogP contribution is 2.28. The SMILES string of the molecule is CNC(c1ccc(CC(C)C)cc1)c1cc(Br)cc(Br)c1. The molecule has 0 heterocycles. The predicted molar refractivity (Wildman–Crippen MR) is 97.7 cm³/mol. The summed E-state index contributed by atoms with van der Waals surface area (Å²) < 4.78 is 2.17.